The highest BCUT2D eigenvalue weighted by atomic mass is 16.6. The van der Waals surface area contributed by atoms with E-state index in [0.29, 0.717) is 13.0 Å². The van der Waals surface area contributed by atoms with Gasteiger partial charge in [0.25, 0.3) is 0 Å². The summed E-state index contributed by atoms with van der Waals surface area (Å²) >= 11 is 0. The molecule has 2 amide bonds. The van der Waals surface area contributed by atoms with Gasteiger partial charge in [-0.05, 0) is 35.6 Å². The van der Waals surface area contributed by atoms with Crippen molar-refractivity contribution in [2.24, 2.45) is 5.41 Å². The molecule has 2 aliphatic rings. The zero-order valence-electron chi connectivity index (χ0n) is 19.4. The zero-order valence-corrected chi connectivity index (χ0v) is 19.4. The van der Waals surface area contributed by atoms with Gasteiger partial charge in [-0.15, -0.1) is 0 Å². The Balaban J connectivity index is 1.42. The summed E-state index contributed by atoms with van der Waals surface area (Å²) < 4.78 is 11.0. The molecule has 0 spiro atoms. The number of benzene rings is 2. The Kier molecular flexibility index (Phi) is 6.61. The maximum Gasteiger partial charge on any atom is 0.408 e. The molecule has 1 saturated heterocycles. The SMILES string of the molecule is CCC(C)(CNC(=O)C1(NC(=O)OCC2c3ccccc3-c3ccccc32)CCOC1)C(=O)O. The molecule has 0 bridgehead atoms. The lowest BCUT2D eigenvalue weighted by atomic mass is 9.87. The van der Waals surface area contributed by atoms with Gasteiger partial charge in [-0.1, -0.05) is 55.5 Å². The molecule has 34 heavy (non-hydrogen) atoms. The molecule has 0 aromatic heterocycles. The van der Waals surface area contributed by atoms with Gasteiger partial charge in [0.1, 0.15) is 12.1 Å². The Morgan fingerprint density at radius 2 is 1.74 bits per heavy atom. The first-order chi connectivity index (χ1) is 16.3. The number of fused-ring (bicyclic) bond motifs is 3. The van der Waals surface area contributed by atoms with E-state index in [1.165, 1.54) is 0 Å². The minimum atomic E-state index is -1.30. The van der Waals surface area contributed by atoms with E-state index >= 15 is 0 Å². The van der Waals surface area contributed by atoms with Crippen LogP contribution in [0, 0.1) is 5.41 Å². The van der Waals surface area contributed by atoms with Crippen LogP contribution in [0.25, 0.3) is 11.1 Å². The minimum absolute atomic E-state index is 0.00105. The number of carboxylic acids is 1. The molecule has 1 heterocycles. The lowest BCUT2D eigenvalue weighted by Crippen LogP contribution is -2.60. The van der Waals surface area contributed by atoms with Crippen LogP contribution in [0.5, 0.6) is 0 Å². The average Bonchev–Trinajstić information content (AvgIpc) is 3.44. The average molecular weight is 467 g/mol. The number of alkyl carbamates (subject to hydrolysis) is 1. The Morgan fingerprint density at radius 3 is 2.26 bits per heavy atom. The van der Waals surface area contributed by atoms with E-state index < -0.39 is 28.9 Å². The largest absolute Gasteiger partial charge is 0.481 e. The normalized spacial score (nSPS) is 20.6. The molecule has 4 rings (SSSR count). The molecule has 1 aliphatic carbocycles. The fourth-order valence-electron chi connectivity index (χ4n) is 4.53. The summed E-state index contributed by atoms with van der Waals surface area (Å²) in [6.07, 6.45) is -0.0794. The predicted molar refractivity (Wildman–Crippen MR) is 125 cm³/mol. The van der Waals surface area contributed by atoms with E-state index in [2.05, 4.69) is 22.8 Å². The number of amides is 2. The number of carboxylic acid groups (broad SMARTS) is 1. The van der Waals surface area contributed by atoms with Crippen molar-refractivity contribution in [1.29, 1.82) is 0 Å². The van der Waals surface area contributed by atoms with Crippen molar-refractivity contribution in [2.45, 2.75) is 38.1 Å². The van der Waals surface area contributed by atoms with Crippen LogP contribution in [-0.4, -0.2) is 55.0 Å². The highest BCUT2D eigenvalue weighted by Gasteiger charge is 2.45. The number of carbonyl (C=O) groups is 3. The van der Waals surface area contributed by atoms with E-state index in [1.54, 1.807) is 13.8 Å². The molecule has 1 aliphatic heterocycles. The highest BCUT2D eigenvalue weighted by Crippen LogP contribution is 2.44. The standard InChI is InChI=1S/C26H30N2O6/c1-3-25(2,23(30)31)15-27-22(29)26(12-13-33-16-26)28-24(32)34-14-21-19-10-6-4-8-17(19)18-9-5-7-11-20(18)21/h4-11,21H,3,12-16H2,1-2H3,(H,27,29)(H,28,32)(H,30,31). The second kappa shape index (κ2) is 9.46. The van der Waals surface area contributed by atoms with E-state index in [1.807, 2.05) is 36.4 Å². The summed E-state index contributed by atoms with van der Waals surface area (Å²) in [5.74, 6) is -1.56. The van der Waals surface area contributed by atoms with E-state index in [0.717, 1.165) is 22.3 Å². The fraction of sp³-hybridized carbons (Fsp3) is 0.423. The van der Waals surface area contributed by atoms with Crippen molar-refractivity contribution in [2.75, 3.05) is 26.4 Å². The molecule has 8 nitrogen and oxygen atoms in total. The van der Waals surface area contributed by atoms with Crippen molar-refractivity contribution in [3.05, 3.63) is 59.7 Å². The Hall–Kier alpha value is -3.39. The Morgan fingerprint density at radius 1 is 1.12 bits per heavy atom. The Labute approximate surface area is 198 Å². The topological polar surface area (TPSA) is 114 Å². The zero-order chi connectivity index (χ0) is 24.3. The molecule has 2 atom stereocenters. The molecule has 180 valence electrons. The smallest absolute Gasteiger partial charge is 0.408 e. The highest BCUT2D eigenvalue weighted by molar-refractivity contribution is 5.91. The van der Waals surface area contributed by atoms with Gasteiger partial charge in [0.2, 0.25) is 5.91 Å². The number of ether oxygens (including phenoxy) is 2. The number of hydrogen-bond donors (Lipinski definition) is 3. The van der Waals surface area contributed by atoms with Gasteiger partial charge in [-0.25, -0.2) is 4.79 Å². The van der Waals surface area contributed by atoms with Gasteiger partial charge >= 0.3 is 12.1 Å². The first-order valence-corrected chi connectivity index (χ1v) is 11.5. The maximum atomic E-state index is 13.0. The third kappa shape index (κ3) is 4.37. The van der Waals surface area contributed by atoms with E-state index in [9.17, 15) is 19.5 Å². The molecule has 0 radical (unpaired) electrons. The van der Waals surface area contributed by atoms with Crippen molar-refractivity contribution in [3.8, 4) is 11.1 Å². The van der Waals surface area contributed by atoms with Crippen molar-refractivity contribution in [3.63, 3.8) is 0 Å². The summed E-state index contributed by atoms with van der Waals surface area (Å²) in [7, 11) is 0. The lowest BCUT2D eigenvalue weighted by molar-refractivity contribution is -0.148. The summed E-state index contributed by atoms with van der Waals surface area (Å²) in [4.78, 5) is 37.4. The quantitative estimate of drug-likeness (QED) is 0.550. The van der Waals surface area contributed by atoms with E-state index in [4.69, 9.17) is 9.47 Å². The summed E-state index contributed by atoms with van der Waals surface area (Å²) in [6, 6.07) is 16.1. The Bertz CT molecular complexity index is 1050. The molecule has 2 aromatic rings. The first kappa shape index (κ1) is 23.8. The molecule has 3 N–H and O–H groups in total. The first-order valence-electron chi connectivity index (χ1n) is 11.5. The third-order valence-corrected chi connectivity index (χ3v) is 7.08. The van der Waals surface area contributed by atoms with Crippen LogP contribution in [0.3, 0.4) is 0 Å². The van der Waals surface area contributed by atoms with Crippen LogP contribution >= 0.6 is 0 Å². The van der Waals surface area contributed by atoms with Gasteiger partial charge < -0.3 is 25.2 Å². The van der Waals surface area contributed by atoms with Crippen LogP contribution in [0.15, 0.2) is 48.5 Å². The van der Waals surface area contributed by atoms with Crippen LogP contribution in [0.2, 0.25) is 0 Å². The molecule has 2 unspecified atom stereocenters. The lowest BCUT2D eigenvalue weighted by Gasteiger charge is -2.30. The summed E-state index contributed by atoms with van der Waals surface area (Å²) in [5, 5.41) is 14.9. The number of nitrogens with one attached hydrogen (secondary N) is 2. The number of hydrogen-bond acceptors (Lipinski definition) is 5. The summed E-state index contributed by atoms with van der Waals surface area (Å²) in [6.45, 7) is 3.72. The van der Waals surface area contributed by atoms with Gasteiger partial charge in [0.15, 0.2) is 0 Å². The molecule has 2 aromatic carbocycles. The number of rotatable bonds is 8. The van der Waals surface area contributed by atoms with E-state index in [-0.39, 0.29) is 32.1 Å². The van der Waals surface area contributed by atoms with Crippen LogP contribution in [0.1, 0.15) is 43.7 Å². The predicted octanol–water partition coefficient (Wildman–Crippen LogP) is 3.30. The van der Waals surface area contributed by atoms with Crippen molar-refractivity contribution in [1.82, 2.24) is 10.6 Å². The molecular weight excluding hydrogens is 436 g/mol. The molecule has 0 saturated carbocycles. The third-order valence-electron chi connectivity index (χ3n) is 7.08. The second-order valence-electron chi connectivity index (χ2n) is 9.24. The van der Waals surface area contributed by atoms with Crippen LogP contribution in [0.4, 0.5) is 4.79 Å². The van der Waals surface area contributed by atoms with Crippen LogP contribution in [-0.2, 0) is 19.1 Å². The molecular formula is C26H30N2O6. The fourth-order valence-corrected chi connectivity index (χ4v) is 4.53. The maximum absolute atomic E-state index is 13.0. The van der Waals surface area contributed by atoms with Crippen LogP contribution < -0.4 is 10.6 Å². The van der Waals surface area contributed by atoms with Gasteiger partial charge in [-0.3, -0.25) is 9.59 Å². The monoisotopic (exact) mass is 466 g/mol. The van der Waals surface area contributed by atoms with Gasteiger partial charge in [0.05, 0.1) is 12.0 Å². The summed E-state index contributed by atoms with van der Waals surface area (Å²) in [5.41, 5.74) is 2.06. The molecule has 1 fully saturated rings. The van der Waals surface area contributed by atoms with Gasteiger partial charge in [0, 0.05) is 25.5 Å². The van der Waals surface area contributed by atoms with Crippen molar-refractivity contribution >= 4 is 18.0 Å². The number of aliphatic carboxylic acids is 1. The molecule has 8 heteroatoms. The second-order valence-corrected chi connectivity index (χ2v) is 9.24. The van der Waals surface area contributed by atoms with Gasteiger partial charge in [-0.2, -0.15) is 0 Å². The minimum Gasteiger partial charge on any atom is -0.481 e. The number of carbonyl (C=O) groups excluding carboxylic acids is 2. The van der Waals surface area contributed by atoms with Crippen molar-refractivity contribution < 1.29 is 29.0 Å².